The number of benzene rings is 2. The van der Waals surface area contributed by atoms with Crippen LogP contribution < -0.4 is 5.43 Å². The van der Waals surface area contributed by atoms with Gasteiger partial charge in [0, 0.05) is 24.7 Å². The Hall–Kier alpha value is -2.89. The highest BCUT2D eigenvalue weighted by Crippen LogP contribution is 2.29. The minimum Gasteiger partial charge on any atom is -0.379 e. The van der Waals surface area contributed by atoms with Crippen molar-refractivity contribution in [2.24, 2.45) is 5.10 Å². The molecule has 1 fully saturated rings. The van der Waals surface area contributed by atoms with Crippen LogP contribution in [0.15, 0.2) is 52.5 Å². The molecule has 2 aromatic carbocycles. The third-order valence-corrected chi connectivity index (χ3v) is 5.96. The van der Waals surface area contributed by atoms with Crippen LogP contribution in [0, 0.1) is 15.9 Å². The predicted octanol–water partition coefficient (Wildman–Crippen LogP) is 2.20. The zero-order chi connectivity index (χ0) is 20.1. The van der Waals surface area contributed by atoms with E-state index >= 15 is 0 Å². The summed E-state index contributed by atoms with van der Waals surface area (Å²) in [5.41, 5.74) is 2.19. The van der Waals surface area contributed by atoms with Gasteiger partial charge in [-0.2, -0.15) is 9.41 Å². The van der Waals surface area contributed by atoms with Crippen molar-refractivity contribution in [3.63, 3.8) is 0 Å². The Morgan fingerprint density at radius 1 is 1.21 bits per heavy atom. The molecule has 3 rings (SSSR count). The lowest BCUT2D eigenvalue weighted by atomic mass is 10.2. The number of halogens is 1. The fourth-order valence-electron chi connectivity index (χ4n) is 2.60. The molecule has 28 heavy (non-hydrogen) atoms. The van der Waals surface area contributed by atoms with Crippen LogP contribution in [-0.4, -0.2) is 50.2 Å². The minimum absolute atomic E-state index is 0.0153. The number of ether oxygens (including phenoxy) is 1. The van der Waals surface area contributed by atoms with Crippen LogP contribution in [0.3, 0.4) is 0 Å². The van der Waals surface area contributed by atoms with Crippen molar-refractivity contribution >= 4 is 27.6 Å². The van der Waals surface area contributed by atoms with Crippen LogP contribution in [0.25, 0.3) is 0 Å². The molecule has 1 saturated heterocycles. The number of sulfonamides is 1. The maximum atomic E-state index is 13.6. The lowest BCUT2D eigenvalue weighted by Crippen LogP contribution is -2.40. The first-order valence-electron chi connectivity index (χ1n) is 8.29. The zero-order valence-electron chi connectivity index (χ0n) is 14.6. The van der Waals surface area contributed by atoms with Gasteiger partial charge in [0.2, 0.25) is 10.0 Å². The molecule has 11 heteroatoms. The van der Waals surface area contributed by atoms with Gasteiger partial charge < -0.3 is 4.74 Å². The highest BCUT2D eigenvalue weighted by molar-refractivity contribution is 7.89. The van der Waals surface area contributed by atoms with Crippen LogP contribution in [0.1, 0.15) is 5.56 Å². The molecule has 0 aromatic heterocycles. The van der Waals surface area contributed by atoms with Crippen LogP contribution in [0.4, 0.5) is 15.8 Å². The summed E-state index contributed by atoms with van der Waals surface area (Å²) in [6, 6.07) is 9.40. The molecule has 0 aliphatic carbocycles. The standard InChI is InChI=1S/C17H17FN4O5S/c18-15-4-2-1-3-13(15)12-19-20-16-6-5-14(11-17(16)22(23)24)28(25,26)21-7-9-27-10-8-21/h1-6,11-12,20H,7-10H2/b19-12-. The average molecular weight is 408 g/mol. The Morgan fingerprint density at radius 3 is 2.61 bits per heavy atom. The molecule has 1 N–H and O–H groups in total. The van der Waals surface area contributed by atoms with Gasteiger partial charge in [0.1, 0.15) is 11.5 Å². The van der Waals surface area contributed by atoms with Crippen molar-refractivity contribution in [2.75, 3.05) is 31.7 Å². The Balaban J connectivity index is 1.85. The van der Waals surface area contributed by atoms with Gasteiger partial charge in [0.05, 0.1) is 29.2 Å². The molecule has 0 amide bonds. The molecule has 1 aliphatic heterocycles. The number of rotatable bonds is 6. The van der Waals surface area contributed by atoms with Gasteiger partial charge in [-0.1, -0.05) is 18.2 Å². The van der Waals surface area contributed by atoms with Crippen molar-refractivity contribution in [3.05, 3.63) is 64.0 Å². The van der Waals surface area contributed by atoms with E-state index in [0.717, 1.165) is 6.07 Å². The summed E-state index contributed by atoms with van der Waals surface area (Å²) in [6.07, 6.45) is 1.18. The normalized spacial score (nSPS) is 15.6. The summed E-state index contributed by atoms with van der Waals surface area (Å²) in [7, 11) is -3.87. The van der Waals surface area contributed by atoms with Gasteiger partial charge in [0.15, 0.2) is 0 Å². The SMILES string of the molecule is O=[N+]([O-])c1cc(S(=O)(=O)N2CCOCC2)ccc1N/N=C\c1ccccc1F. The number of hydrogen-bond acceptors (Lipinski definition) is 7. The summed E-state index contributed by atoms with van der Waals surface area (Å²) in [5, 5.41) is 15.2. The second kappa shape index (κ2) is 8.42. The number of hydrazone groups is 1. The summed E-state index contributed by atoms with van der Waals surface area (Å²) >= 11 is 0. The summed E-state index contributed by atoms with van der Waals surface area (Å²) in [4.78, 5) is 10.5. The average Bonchev–Trinajstić information content (AvgIpc) is 2.70. The molecule has 2 aromatic rings. The summed E-state index contributed by atoms with van der Waals surface area (Å²) < 4.78 is 45.3. The van der Waals surface area contributed by atoms with E-state index in [-0.39, 0.29) is 42.4 Å². The van der Waals surface area contributed by atoms with E-state index in [1.54, 1.807) is 6.07 Å². The van der Waals surface area contributed by atoms with Crippen LogP contribution in [0.2, 0.25) is 0 Å². The third-order valence-electron chi connectivity index (χ3n) is 4.07. The maximum absolute atomic E-state index is 13.6. The Bertz CT molecular complexity index is 1010. The second-order valence-corrected chi connectivity index (χ2v) is 7.78. The van der Waals surface area contributed by atoms with Crippen molar-refractivity contribution in [2.45, 2.75) is 4.90 Å². The topological polar surface area (TPSA) is 114 Å². The maximum Gasteiger partial charge on any atom is 0.295 e. The van der Waals surface area contributed by atoms with Gasteiger partial charge >= 0.3 is 0 Å². The van der Waals surface area contributed by atoms with Crippen LogP contribution >= 0.6 is 0 Å². The molecule has 1 aliphatic rings. The summed E-state index contributed by atoms with van der Waals surface area (Å²) in [5.74, 6) is -0.491. The number of hydrogen-bond donors (Lipinski definition) is 1. The molecule has 0 unspecified atom stereocenters. The molecule has 9 nitrogen and oxygen atoms in total. The van der Waals surface area contributed by atoms with Crippen molar-refractivity contribution in [1.29, 1.82) is 0 Å². The minimum atomic E-state index is -3.87. The molecule has 0 bridgehead atoms. The van der Waals surface area contributed by atoms with Crippen molar-refractivity contribution in [1.82, 2.24) is 4.31 Å². The Kier molecular flexibility index (Phi) is 5.97. The van der Waals surface area contributed by atoms with E-state index in [1.807, 2.05) is 0 Å². The molecule has 0 radical (unpaired) electrons. The van der Waals surface area contributed by atoms with Crippen LogP contribution in [-0.2, 0) is 14.8 Å². The first kappa shape index (κ1) is 19.9. The first-order valence-corrected chi connectivity index (χ1v) is 9.73. The van der Waals surface area contributed by atoms with Crippen molar-refractivity contribution in [3.8, 4) is 0 Å². The first-order chi connectivity index (χ1) is 13.4. The van der Waals surface area contributed by atoms with E-state index < -0.39 is 26.5 Å². The highest BCUT2D eigenvalue weighted by Gasteiger charge is 2.28. The number of nitro benzene ring substituents is 1. The molecule has 0 spiro atoms. The van der Waals surface area contributed by atoms with Gasteiger partial charge in [-0.3, -0.25) is 15.5 Å². The molecular weight excluding hydrogens is 391 g/mol. The number of anilines is 1. The van der Waals surface area contributed by atoms with Gasteiger partial charge in [-0.15, -0.1) is 0 Å². The number of nitrogens with zero attached hydrogens (tertiary/aromatic N) is 3. The number of nitro groups is 1. The van der Waals surface area contributed by atoms with Gasteiger partial charge in [-0.25, -0.2) is 12.8 Å². The number of morpholine rings is 1. The third kappa shape index (κ3) is 4.32. The molecule has 1 heterocycles. The fraction of sp³-hybridized carbons (Fsp3) is 0.235. The fourth-order valence-corrected chi connectivity index (χ4v) is 4.03. The monoisotopic (exact) mass is 408 g/mol. The van der Waals surface area contributed by atoms with E-state index in [2.05, 4.69) is 10.5 Å². The predicted molar refractivity (Wildman–Crippen MR) is 100 cm³/mol. The van der Waals surface area contributed by atoms with Gasteiger partial charge in [-0.05, 0) is 18.2 Å². The zero-order valence-corrected chi connectivity index (χ0v) is 15.4. The lowest BCUT2D eigenvalue weighted by Gasteiger charge is -2.26. The molecular formula is C17H17FN4O5S. The largest absolute Gasteiger partial charge is 0.379 e. The van der Waals surface area contributed by atoms with E-state index in [4.69, 9.17) is 4.74 Å². The van der Waals surface area contributed by atoms with E-state index in [1.165, 1.54) is 40.9 Å². The number of nitrogens with one attached hydrogen (secondary N) is 1. The lowest BCUT2D eigenvalue weighted by molar-refractivity contribution is -0.384. The summed E-state index contributed by atoms with van der Waals surface area (Å²) in [6.45, 7) is 0.906. The molecule has 0 saturated carbocycles. The molecule has 148 valence electrons. The Morgan fingerprint density at radius 2 is 1.93 bits per heavy atom. The Labute approximate surface area is 160 Å². The van der Waals surface area contributed by atoms with Gasteiger partial charge in [0.25, 0.3) is 5.69 Å². The van der Waals surface area contributed by atoms with Crippen LogP contribution in [0.5, 0.6) is 0 Å². The van der Waals surface area contributed by atoms with E-state index in [0.29, 0.717) is 0 Å². The van der Waals surface area contributed by atoms with E-state index in [9.17, 15) is 22.9 Å². The molecule has 0 atom stereocenters. The second-order valence-electron chi connectivity index (χ2n) is 5.84. The smallest absolute Gasteiger partial charge is 0.295 e. The quantitative estimate of drug-likeness (QED) is 0.445. The van der Waals surface area contributed by atoms with Crippen molar-refractivity contribution < 1.29 is 22.5 Å². The highest BCUT2D eigenvalue weighted by atomic mass is 32.2.